The second kappa shape index (κ2) is 2.44. The van der Waals surface area contributed by atoms with Crippen LogP contribution in [0.3, 0.4) is 0 Å². The van der Waals surface area contributed by atoms with Crippen molar-refractivity contribution in [1.29, 1.82) is 0 Å². The zero-order chi connectivity index (χ0) is 7.14. The molecule has 0 amide bonds. The molecule has 4 heteroatoms. The molecule has 4 atom stereocenters. The van der Waals surface area contributed by atoms with Crippen molar-refractivity contribution < 1.29 is 14.6 Å². The molecule has 0 spiro atoms. The SMILES string of the molecule is OC1C(Br)OC2OCCC21. The van der Waals surface area contributed by atoms with Crippen molar-refractivity contribution in [2.24, 2.45) is 5.92 Å². The molecule has 3 nitrogen and oxygen atoms in total. The summed E-state index contributed by atoms with van der Waals surface area (Å²) in [5.74, 6) is 0.185. The molecule has 0 aromatic heterocycles. The van der Waals surface area contributed by atoms with Crippen molar-refractivity contribution in [2.45, 2.75) is 23.8 Å². The largest absolute Gasteiger partial charge is 0.389 e. The Morgan fingerprint density at radius 2 is 2.30 bits per heavy atom. The number of aliphatic hydroxyl groups is 1. The monoisotopic (exact) mass is 208 g/mol. The summed E-state index contributed by atoms with van der Waals surface area (Å²) in [7, 11) is 0. The van der Waals surface area contributed by atoms with Crippen LogP contribution in [0.15, 0.2) is 0 Å². The molecule has 0 aromatic carbocycles. The third-order valence-electron chi connectivity index (χ3n) is 2.05. The predicted molar refractivity (Wildman–Crippen MR) is 37.7 cm³/mol. The average Bonchev–Trinajstić information content (AvgIpc) is 2.41. The Labute approximate surface area is 67.4 Å². The summed E-state index contributed by atoms with van der Waals surface area (Å²) in [5, 5.41) is 9.18. The van der Waals surface area contributed by atoms with Gasteiger partial charge in [-0.1, -0.05) is 15.9 Å². The minimum atomic E-state index is -0.396. The van der Waals surface area contributed by atoms with Crippen molar-refractivity contribution in [2.75, 3.05) is 6.61 Å². The van der Waals surface area contributed by atoms with E-state index in [4.69, 9.17) is 9.47 Å². The van der Waals surface area contributed by atoms with E-state index in [-0.39, 0.29) is 17.2 Å². The van der Waals surface area contributed by atoms with Crippen LogP contribution in [0.5, 0.6) is 0 Å². The van der Waals surface area contributed by atoms with Gasteiger partial charge in [0.1, 0.15) is 5.01 Å². The third-order valence-corrected chi connectivity index (χ3v) is 2.81. The Balaban J connectivity index is 2.09. The Kier molecular flexibility index (Phi) is 1.72. The lowest BCUT2D eigenvalue weighted by atomic mass is 10.0. The van der Waals surface area contributed by atoms with E-state index in [1.54, 1.807) is 0 Å². The smallest absolute Gasteiger partial charge is 0.164 e. The van der Waals surface area contributed by atoms with Crippen molar-refractivity contribution in [3.63, 3.8) is 0 Å². The van der Waals surface area contributed by atoms with E-state index >= 15 is 0 Å². The highest BCUT2D eigenvalue weighted by Crippen LogP contribution is 2.37. The Bertz CT molecular complexity index is 139. The van der Waals surface area contributed by atoms with Gasteiger partial charge in [0, 0.05) is 5.92 Å². The lowest BCUT2D eigenvalue weighted by Gasteiger charge is -2.08. The summed E-state index contributed by atoms with van der Waals surface area (Å²) in [6.07, 6.45) is 0.348. The number of halogens is 1. The molecule has 2 rings (SSSR count). The summed E-state index contributed by atoms with van der Waals surface area (Å²) in [6.45, 7) is 0.714. The van der Waals surface area contributed by atoms with Crippen LogP contribution in [0.25, 0.3) is 0 Å². The van der Waals surface area contributed by atoms with Crippen molar-refractivity contribution in [3.8, 4) is 0 Å². The van der Waals surface area contributed by atoms with Crippen LogP contribution < -0.4 is 0 Å². The molecule has 2 fully saturated rings. The summed E-state index contributed by atoms with van der Waals surface area (Å²) < 4.78 is 10.4. The molecule has 10 heavy (non-hydrogen) atoms. The number of ether oxygens (including phenoxy) is 2. The van der Waals surface area contributed by atoms with Crippen LogP contribution in [0, 0.1) is 5.92 Å². The fourth-order valence-electron chi connectivity index (χ4n) is 1.45. The zero-order valence-corrected chi connectivity index (χ0v) is 6.95. The van der Waals surface area contributed by atoms with Gasteiger partial charge in [-0.25, -0.2) is 0 Å². The van der Waals surface area contributed by atoms with Crippen LogP contribution in [-0.4, -0.2) is 29.1 Å². The molecule has 0 bridgehead atoms. The molecule has 1 N–H and O–H groups in total. The summed E-state index contributed by atoms with van der Waals surface area (Å²) in [4.78, 5) is 0. The highest BCUT2D eigenvalue weighted by atomic mass is 79.9. The van der Waals surface area contributed by atoms with Gasteiger partial charge < -0.3 is 14.6 Å². The van der Waals surface area contributed by atoms with E-state index in [0.29, 0.717) is 6.61 Å². The molecule has 2 heterocycles. The fourth-order valence-corrected chi connectivity index (χ4v) is 2.06. The normalized spacial score (nSPS) is 53.4. The maximum Gasteiger partial charge on any atom is 0.164 e. The van der Waals surface area contributed by atoms with Gasteiger partial charge in [0.25, 0.3) is 0 Å². The summed E-state index contributed by atoms with van der Waals surface area (Å²) in [6, 6.07) is 0. The van der Waals surface area contributed by atoms with Gasteiger partial charge in [-0.3, -0.25) is 0 Å². The first-order valence-corrected chi connectivity index (χ1v) is 4.30. The second-order valence-electron chi connectivity index (χ2n) is 2.67. The molecule has 4 unspecified atom stereocenters. The number of rotatable bonds is 0. The predicted octanol–water partition coefficient (Wildman–Crippen LogP) is 0.461. The zero-order valence-electron chi connectivity index (χ0n) is 5.37. The number of hydrogen-bond donors (Lipinski definition) is 1. The van der Waals surface area contributed by atoms with Gasteiger partial charge in [0.15, 0.2) is 6.29 Å². The molecule has 0 saturated carbocycles. The first-order chi connectivity index (χ1) is 4.79. The van der Waals surface area contributed by atoms with Gasteiger partial charge in [-0.05, 0) is 6.42 Å². The molecule has 2 aliphatic heterocycles. The first kappa shape index (κ1) is 7.03. The maximum absolute atomic E-state index is 9.42. The van der Waals surface area contributed by atoms with E-state index in [1.165, 1.54) is 0 Å². The van der Waals surface area contributed by atoms with Crippen molar-refractivity contribution in [3.05, 3.63) is 0 Å². The Morgan fingerprint density at radius 3 is 3.00 bits per heavy atom. The lowest BCUT2D eigenvalue weighted by molar-refractivity contribution is -0.0971. The van der Waals surface area contributed by atoms with Gasteiger partial charge in [0.05, 0.1) is 12.7 Å². The van der Waals surface area contributed by atoms with Crippen molar-refractivity contribution in [1.82, 2.24) is 0 Å². The van der Waals surface area contributed by atoms with E-state index in [9.17, 15) is 5.11 Å². The minimum Gasteiger partial charge on any atom is -0.389 e. The quantitative estimate of drug-likeness (QED) is 0.589. The van der Waals surface area contributed by atoms with Crippen LogP contribution >= 0.6 is 15.9 Å². The summed E-state index contributed by atoms with van der Waals surface area (Å²) >= 11 is 3.21. The van der Waals surface area contributed by atoms with E-state index in [1.807, 2.05) is 0 Å². The van der Waals surface area contributed by atoms with Crippen LogP contribution in [0.1, 0.15) is 6.42 Å². The van der Waals surface area contributed by atoms with E-state index in [2.05, 4.69) is 15.9 Å². The summed E-state index contributed by atoms with van der Waals surface area (Å²) in [5.41, 5.74) is 0. The fraction of sp³-hybridized carbons (Fsp3) is 1.00. The van der Waals surface area contributed by atoms with Crippen LogP contribution in [0.4, 0.5) is 0 Å². The number of hydrogen-bond acceptors (Lipinski definition) is 3. The number of fused-ring (bicyclic) bond motifs is 1. The van der Waals surface area contributed by atoms with Gasteiger partial charge in [-0.2, -0.15) is 0 Å². The molecular formula is C6H9BrO3. The van der Waals surface area contributed by atoms with E-state index < -0.39 is 6.10 Å². The van der Waals surface area contributed by atoms with Crippen LogP contribution in [0.2, 0.25) is 0 Å². The van der Waals surface area contributed by atoms with Gasteiger partial charge >= 0.3 is 0 Å². The first-order valence-electron chi connectivity index (χ1n) is 3.38. The molecule has 2 aliphatic rings. The highest BCUT2D eigenvalue weighted by molar-refractivity contribution is 9.09. The molecule has 0 radical (unpaired) electrons. The van der Waals surface area contributed by atoms with E-state index in [0.717, 1.165) is 6.42 Å². The average molecular weight is 209 g/mol. The molecule has 0 aliphatic carbocycles. The van der Waals surface area contributed by atoms with Gasteiger partial charge in [-0.15, -0.1) is 0 Å². The minimum absolute atomic E-state index is 0.167. The lowest BCUT2D eigenvalue weighted by Crippen LogP contribution is -2.21. The number of alkyl halides is 1. The third kappa shape index (κ3) is 0.906. The molecular weight excluding hydrogens is 200 g/mol. The van der Waals surface area contributed by atoms with Crippen LogP contribution in [-0.2, 0) is 9.47 Å². The molecule has 0 aromatic rings. The molecule has 58 valence electrons. The standard InChI is InChI=1S/C6H9BrO3/c7-5-4(8)3-1-2-9-6(3)10-5/h3-6,8H,1-2H2. The highest BCUT2D eigenvalue weighted by Gasteiger charge is 2.45. The Hall–Kier alpha value is 0.360. The number of aliphatic hydroxyl groups excluding tert-OH is 1. The Morgan fingerprint density at radius 1 is 1.50 bits per heavy atom. The second-order valence-corrected chi connectivity index (χ2v) is 3.57. The van der Waals surface area contributed by atoms with Crippen molar-refractivity contribution >= 4 is 15.9 Å². The van der Waals surface area contributed by atoms with Gasteiger partial charge in [0.2, 0.25) is 0 Å². The maximum atomic E-state index is 9.42. The molecule has 2 saturated heterocycles. The topological polar surface area (TPSA) is 38.7 Å².